The van der Waals surface area contributed by atoms with Gasteiger partial charge in [0.05, 0.1) is 9.83 Å². The summed E-state index contributed by atoms with van der Waals surface area (Å²) < 4.78 is 0.349. The van der Waals surface area contributed by atoms with E-state index in [2.05, 4.69) is 10.9 Å². The standard InChI is InChI=1S/C22H18N4O5S2/c27-19(23-24-20(28)16-9-11-17(12-10-16)26(30)31)13-14-25-21(29)18(33-22(25)32)8-4-7-15-5-2-1-3-6-15/h1-12H,13-14H2,(H,23,27)(H,24,28). The molecule has 11 heteroatoms. The molecule has 0 aromatic heterocycles. The molecule has 9 nitrogen and oxygen atoms in total. The zero-order valence-electron chi connectivity index (χ0n) is 17.1. The largest absolute Gasteiger partial charge is 0.292 e. The van der Waals surface area contributed by atoms with Crippen molar-refractivity contribution in [2.24, 2.45) is 0 Å². The lowest BCUT2D eigenvalue weighted by atomic mass is 10.2. The summed E-state index contributed by atoms with van der Waals surface area (Å²) in [5, 5.41) is 10.7. The topological polar surface area (TPSA) is 122 Å². The first-order valence-corrected chi connectivity index (χ1v) is 10.9. The third kappa shape index (κ3) is 6.57. The Balaban J connectivity index is 1.47. The molecule has 1 fully saturated rings. The summed E-state index contributed by atoms with van der Waals surface area (Å²) in [7, 11) is 0. The molecular formula is C22H18N4O5S2. The van der Waals surface area contributed by atoms with Gasteiger partial charge in [-0.05, 0) is 23.8 Å². The number of nitro benzene ring substituents is 1. The molecule has 0 unspecified atom stereocenters. The normalized spacial score (nSPS) is 14.7. The van der Waals surface area contributed by atoms with Crippen LogP contribution in [0.15, 0.2) is 71.7 Å². The number of carbonyl (C=O) groups excluding carboxylic acids is 3. The summed E-state index contributed by atoms with van der Waals surface area (Å²) in [5.74, 6) is -1.44. The molecule has 2 aromatic rings. The summed E-state index contributed by atoms with van der Waals surface area (Å²) >= 11 is 6.40. The molecule has 0 bridgehead atoms. The number of nitrogens with zero attached hydrogens (tertiary/aromatic N) is 2. The van der Waals surface area contributed by atoms with Crippen LogP contribution in [0.3, 0.4) is 0 Å². The predicted octanol–water partition coefficient (Wildman–Crippen LogP) is 3.20. The van der Waals surface area contributed by atoms with Gasteiger partial charge in [-0.15, -0.1) is 0 Å². The number of hydrogen-bond acceptors (Lipinski definition) is 7. The van der Waals surface area contributed by atoms with Crippen molar-refractivity contribution in [1.82, 2.24) is 15.8 Å². The quantitative estimate of drug-likeness (QED) is 0.269. The number of nitro groups is 1. The van der Waals surface area contributed by atoms with E-state index in [1.807, 2.05) is 36.4 Å². The van der Waals surface area contributed by atoms with Crippen LogP contribution in [0.5, 0.6) is 0 Å². The Morgan fingerprint density at radius 1 is 1.09 bits per heavy atom. The Bertz CT molecular complexity index is 1150. The van der Waals surface area contributed by atoms with Crippen molar-refractivity contribution in [1.29, 1.82) is 0 Å². The lowest BCUT2D eigenvalue weighted by Gasteiger charge is -2.14. The molecule has 33 heavy (non-hydrogen) atoms. The zero-order valence-corrected chi connectivity index (χ0v) is 18.7. The minimum Gasteiger partial charge on any atom is -0.292 e. The van der Waals surface area contributed by atoms with Gasteiger partial charge in [0.2, 0.25) is 5.91 Å². The number of hydrazine groups is 1. The number of thiocarbonyl (C=S) groups is 1. The molecule has 0 spiro atoms. The van der Waals surface area contributed by atoms with Crippen LogP contribution in [-0.4, -0.2) is 38.4 Å². The van der Waals surface area contributed by atoms with E-state index >= 15 is 0 Å². The molecule has 0 atom stereocenters. The molecule has 0 saturated carbocycles. The minimum atomic E-state index is -0.628. The highest BCUT2D eigenvalue weighted by Crippen LogP contribution is 2.31. The van der Waals surface area contributed by atoms with Crippen molar-refractivity contribution in [2.45, 2.75) is 6.42 Å². The summed E-state index contributed by atoms with van der Waals surface area (Å²) in [6.07, 6.45) is 5.23. The Morgan fingerprint density at radius 2 is 1.79 bits per heavy atom. The third-order valence-electron chi connectivity index (χ3n) is 4.43. The Kier molecular flexibility index (Phi) is 8.06. The van der Waals surface area contributed by atoms with E-state index in [0.717, 1.165) is 17.3 Å². The lowest BCUT2D eigenvalue weighted by molar-refractivity contribution is -0.384. The van der Waals surface area contributed by atoms with E-state index in [4.69, 9.17) is 12.2 Å². The van der Waals surface area contributed by atoms with Crippen LogP contribution in [0.1, 0.15) is 22.3 Å². The maximum atomic E-state index is 12.6. The van der Waals surface area contributed by atoms with Gasteiger partial charge in [0.25, 0.3) is 17.5 Å². The van der Waals surface area contributed by atoms with Crippen LogP contribution in [0.4, 0.5) is 5.69 Å². The van der Waals surface area contributed by atoms with Crippen LogP contribution < -0.4 is 10.9 Å². The van der Waals surface area contributed by atoms with Crippen LogP contribution in [-0.2, 0) is 9.59 Å². The fourth-order valence-electron chi connectivity index (χ4n) is 2.73. The van der Waals surface area contributed by atoms with Crippen molar-refractivity contribution in [3.63, 3.8) is 0 Å². The second-order valence-corrected chi connectivity index (χ2v) is 8.36. The smallest absolute Gasteiger partial charge is 0.269 e. The Labute approximate surface area is 198 Å². The average molecular weight is 483 g/mol. The second-order valence-electron chi connectivity index (χ2n) is 6.68. The Morgan fingerprint density at radius 3 is 2.45 bits per heavy atom. The first-order valence-electron chi connectivity index (χ1n) is 9.66. The van der Waals surface area contributed by atoms with Crippen molar-refractivity contribution in [2.75, 3.05) is 6.54 Å². The highest BCUT2D eigenvalue weighted by atomic mass is 32.2. The van der Waals surface area contributed by atoms with Crippen molar-refractivity contribution < 1.29 is 19.3 Å². The van der Waals surface area contributed by atoms with Gasteiger partial charge in [-0.2, -0.15) is 0 Å². The van der Waals surface area contributed by atoms with Gasteiger partial charge in [-0.1, -0.05) is 66.5 Å². The van der Waals surface area contributed by atoms with E-state index in [1.54, 1.807) is 12.2 Å². The second kappa shape index (κ2) is 11.2. The molecule has 0 aliphatic carbocycles. The Hall–Kier alpha value is -3.83. The number of rotatable bonds is 7. The van der Waals surface area contributed by atoms with Gasteiger partial charge in [-0.3, -0.25) is 40.2 Å². The first kappa shape index (κ1) is 23.8. The maximum Gasteiger partial charge on any atom is 0.269 e. The zero-order chi connectivity index (χ0) is 23.8. The lowest BCUT2D eigenvalue weighted by Crippen LogP contribution is -2.43. The van der Waals surface area contributed by atoms with Crippen molar-refractivity contribution in [3.8, 4) is 0 Å². The highest BCUT2D eigenvalue weighted by molar-refractivity contribution is 8.26. The number of hydrogen-bond donors (Lipinski definition) is 2. The molecule has 2 N–H and O–H groups in total. The number of nitrogens with one attached hydrogen (secondary N) is 2. The predicted molar refractivity (Wildman–Crippen MR) is 129 cm³/mol. The molecule has 3 amide bonds. The van der Waals surface area contributed by atoms with E-state index in [-0.39, 0.29) is 30.1 Å². The van der Waals surface area contributed by atoms with Gasteiger partial charge in [0.1, 0.15) is 4.32 Å². The van der Waals surface area contributed by atoms with Gasteiger partial charge in [0, 0.05) is 30.7 Å². The molecule has 3 rings (SSSR count). The van der Waals surface area contributed by atoms with E-state index in [9.17, 15) is 24.5 Å². The fourth-order valence-corrected chi connectivity index (χ4v) is 3.99. The number of carbonyl (C=O) groups is 3. The molecule has 1 aliphatic heterocycles. The van der Waals surface area contributed by atoms with Gasteiger partial charge in [0.15, 0.2) is 0 Å². The van der Waals surface area contributed by atoms with Crippen LogP contribution >= 0.6 is 24.0 Å². The monoisotopic (exact) mass is 482 g/mol. The minimum absolute atomic E-state index is 0.0592. The first-order chi connectivity index (χ1) is 15.8. The summed E-state index contributed by atoms with van der Waals surface area (Å²) in [6.45, 7) is 0.0592. The number of benzene rings is 2. The molecular weight excluding hydrogens is 464 g/mol. The molecule has 1 saturated heterocycles. The number of amides is 3. The van der Waals surface area contributed by atoms with Crippen LogP contribution in [0.2, 0.25) is 0 Å². The molecule has 0 radical (unpaired) electrons. The summed E-state index contributed by atoms with van der Waals surface area (Å²) in [5.41, 5.74) is 5.47. The summed E-state index contributed by atoms with van der Waals surface area (Å²) in [6, 6.07) is 14.6. The highest BCUT2D eigenvalue weighted by Gasteiger charge is 2.31. The van der Waals surface area contributed by atoms with Crippen molar-refractivity contribution in [3.05, 3.63) is 92.9 Å². The van der Waals surface area contributed by atoms with E-state index in [1.165, 1.54) is 29.2 Å². The number of allylic oxidation sites excluding steroid dienone is 2. The summed E-state index contributed by atoms with van der Waals surface area (Å²) in [4.78, 5) is 48.6. The van der Waals surface area contributed by atoms with E-state index in [0.29, 0.717) is 9.23 Å². The van der Waals surface area contributed by atoms with Crippen LogP contribution in [0, 0.1) is 10.1 Å². The third-order valence-corrected chi connectivity index (χ3v) is 5.82. The molecule has 2 aromatic carbocycles. The fraction of sp³-hybridized carbons (Fsp3) is 0.0909. The SMILES string of the molecule is O=C(CCN1C(=O)C(=CC=Cc2ccccc2)SC1=S)NNC(=O)c1ccc([N+](=O)[O-])cc1. The maximum absolute atomic E-state index is 12.6. The number of non-ortho nitro benzene ring substituents is 1. The number of thioether (sulfide) groups is 1. The van der Waals surface area contributed by atoms with Gasteiger partial charge >= 0.3 is 0 Å². The average Bonchev–Trinajstić information content (AvgIpc) is 3.09. The van der Waals surface area contributed by atoms with E-state index < -0.39 is 16.7 Å². The molecule has 1 heterocycles. The van der Waals surface area contributed by atoms with Crippen LogP contribution in [0.25, 0.3) is 6.08 Å². The van der Waals surface area contributed by atoms with Gasteiger partial charge < -0.3 is 0 Å². The molecule has 1 aliphatic rings. The van der Waals surface area contributed by atoms with Crippen molar-refractivity contribution >= 4 is 57.8 Å². The van der Waals surface area contributed by atoms with Gasteiger partial charge in [-0.25, -0.2) is 0 Å². The molecule has 168 valence electrons.